The van der Waals surface area contributed by atoms with E-state index >= 15 is 0 Å². The summed E-state index contributed by atoms with van der Waals surface area (Å²) < 4.78 is 0. The van der Waals surface area contributed by atoms with Crippen LogP contribution in [0.5, 0.6) is 0 Å². The zero-order valence-electron chi connectivity index (χ0n) is 12.2. The summed E-state index contributed by atoms with van der Waals surface area (Å²) in [6.45, 7) is 7.71. The third-order valence-corrected chi connectivity index (χ3v) is 3.33. The summed E-state index contributed by atoms with van der Waals surface area (Å²) in [4.78, 5) is 6.60. The van der Waals surface area contributed by atoms with E-state index in [0.29, 0.717) is 6.04 Å². The lowest BCUT2D eigenvalue weighted by molar-refractivity contribution is 0.332. The van der Waals surface area contributed by atoms with E-state index in [4.69, 9.17) is 0 Å². The van der Waals surface area contributed by atoms with Gasteiger partial charge in [-0.05, 0) is 32.4 Å². The van der Waals surface area contributed by atoms with Crippen molar-refractivity contribution in [3.63, 3.8) is 0 Å². The molecule has 0 radical (unpaired) electrons. The molecule has 1 aliphatic carbocycles. The lowest BCUT2D eigenvalue weighted by Gasteiger charge is -2.17. The molecule has 5 heteroatoms. The number of unbranched alkanes of at least 4 members (excludes halogenated alkanes) is 1. The molecule has 108 valence electrons. The van der Waals surface area contributed by atoms with Crippen molar-refractivity contribution in [1.82, 2.24) is 15.5 Å². The van der Waals surface area contributed by atoms with Gasteiger partial charge in [-0.25, -0.2) is 0 Å². The van der Waals surface area contributed by atoms with Crippen LogP contribution in [0.4, 0.5) is 0 Å². The zero-order chi connectivity index (χ0) is 12.7. The number of nitrogens with one attached hydrogen (secondary N) is 2. The summed E-state index contributed by atoms with van der Waals surface area (Å²) in [6.07, 6.45) is 3.82. The molecular formula is C13H29IN4. The summed E-state index contributed by atoms with van der Waals surface area (Å²) in [5.74, 6) is 1.75. The molecule has 0 aliphatic heterocycles. The fraction of sp³-hybridized carbons (Fsp3) is 0.923. The number of likely N-dealkylation sites (N-methyl/N-ethyl adjacent to an activating group) is 1. The number of nitrogens with zero attached hydrogens (tertiary/aromatic N) is 2. The summed E-state index contributed by atoms with van der Waals surface area (Å²) in [5, 5.41) is 6.79. The van der Waals surface area contributed by atoms with Crippen LogP contribution in [0.2, 0.25) is 0 Å². The molecule has 1 aliphatic rings. The SMILES string of the molecule is CCCCN(C)CCNC(=NC)NC1CC1C.I. The van der Waals surface area contributed by atoms with Crippen molar-refractivity contribution in [2.45, 2.75) is 39.2 Å². The first kappa shape index (κ1) is 18.0. The maximum Gasteiger partial charge on any atom is 0.191 e. The summed E-state index contributed by atoms with van der Waals surface area (Å²) in [7, 11) is 4.01. The van der Waals surface area contributed by atoms with Crippen molar-refractivity contribution < 1.29 is 0 Å². The zero-order valence-corrected chi connectivity index (χ0v) is 14.5. The Kier molecular flexibility index (Phi) is 9.81. The molecule has 0 heterocycles. The maximum atomic E-state index is 4.24. The second-order valence-corrected chi connectivity index (χ2v) is 5.12. The molecule has 0 amide bonds. The van der Waals surface area contributed by atoms with Gasteiger partial charge < -0.3 is 15.5 Å². The van der Waals surface area contributed by atoms with Crippen LogP contribution >= 0.6 is 24.0 Å². The normalized spacial score (nSPS) is 22.6. The van der Waals surface area contributed by atoms with E-state index < -0.39 is 0 Å². The summed E-state index contributed by atoms with van der Waals surface area (Å²) in [6, 6.07) is 0.638. The average molecular weight is 368 g/mol. The van der Waals surface area contributed by atoms with E-state index in [1.807, 2.05) is 7.05 Å². The van der Waals surface area contributed by atoms with Gasteiger partial charge in [0.15, 0.2) is 5.96 Å². The first-order valence-electron chi connectivity index (χ1n) is 6.83. The summed E-state index contributed by atoms with van der Waals surface area (Å²) >= 11 is 0. The Hall–Kier alpha value is -0.0400. The lowest BCUT2D eigenvalue weighted by Crippen LogP contribution is -2.42. The van der Waals surface area contributed by atoms with Crippen LogP contribution in [0.1, 0.15) is 33.1 Å². The highest BCUT2D eigenvalue weighted by Gasteiger charge is 2.33. The minimum absolute atomic E-state index is 0. The molecule has 1 rings (SSSR count). The van der Waals surface area contributed by atoms with Crippen molar-refractivity contribution in [1.29, 1.82) is 0 Å². The van der Waals surface area contributed by atoms with Crippen LogP contribution < -0.4 is 10.6 Å². The highest BCUT2D eigenvalue weighted by molar-refractivity contribution is 14.0. The predicted molar refractivity (Wildman–Crippen MR) is 89.9 cm³/mol. The van der Waals surface area contributed by atoms with Crippen LogP contribution in [0, 0.1) is 5.92 Å². The van der Waals surface area contributed by atoms with Gasteiger partial charge in [0.05, 0.1) is 0 Å². The molecule has 1 fully saturated rings. The van der Waals surface area contributed by atoms with Gasteiger partial charge in [-0.15, -0.1) is 24.0 Å². The minimum Gasteiger partial charge on any atom is -0.355 e. The Morgan fingerprint density at radius 1 is 1.39 bits per heavy atom. The first-order chi connectivity index (χ1) is 8.17. The lowest BCUT2D eigenvalue weighted by atomic mass is 10.3. The van der Waals surface area contributed by atoms with Crippen molar-refractivity contribution in [2.24, 2.45) is 10.9 Å². The third kappa shape index (κ3) is 7.41. The molecule has 0 saturated heterocycles. The van der Waals surface area contributed by atoms with Gasteiger partial charge in [0.2, 0.25) is 0 Å². The number of halogens is 1. The second-order valence-electron chi connectivity index (χ2n) is 5.12. The van der Waals surface area contributed by atoms with Crippen molar-refractivity contribution >= 4 is 29.9 Å². The summed E-state index contributed by atoms with van der Waals surface area (Å²) in [5.41, 5.74) is 0. The molecule has 2 atom stereocenters. The van der Waals surface area contributed by atoms with E-state index in [1.54, 1.807) is 0 Å². The van der Waals surface area contributed by atoms with Crippen LogP contribution in [0.25, 0.3) is 0 Å². The van der Waals surface area contributed by atoms with E-state index in [9.17, 15) is 0 Å². The van der Waals surface area contributed by atoms with Gasteiger partial charge in [-0.3, -0.25) is 4.99 Å². The minimum atomic E-state index is 0. The van der Waals surface area contributed by atoms with E-state index in [0.717, 1.165) is 25.0 Å². The van der Waals surface area contributed by atoms with Gasteiger partial charge in [-0.1, -0.05) is 20.3 Å². The number of aliphatic imine (C=N–C) groups is 1. The highest BCUT2D eigenvalue weighted by Crippen LogP contribution is 2.28. The van der Waals surface area contributed by atoms with Crippen LogP contribution in [0.3, 0.4) is 0 Å². The molecule has 2 N–H and O–H groups in total. The molecule has 0 spiro atoms. The van der Waals surface area contributed by atoms with Gasteiger partial charge in [0.25, 0.3) is 0 Å². The molecule has 1 saturated carbocycles. The largest absolute Gasteiger partial charge is 0.355 e. The fourth-order valence-corrected chi connectivity index (χ4v) is 1.80. The molecular weight excluding hydrogens is 339 g/mol. The Bertz CT molecular complexity index is 245. The predicted octanol–water partition coefficient (Wildman–Crippen LogP) is 1.91. The van der Waals surface area contributed by atoms with Gasteiger partial charge in [-0.2, -0.15) is 0 Å². The number of hydrogen-bond acceptors (Lipinski definition) is 2. The van der Waals surface area contributed by atoms with E-state index in [1.165, 1.54) is 25.8 Å². The Labute approximate surface area is 129 Å². The third-order valence-electron chi connectivity index (χ3n) is 3.33. The van der Waals surface area contributed by atoms with Crippen molar-refractivity contribution in [3.8, 4) is 0 Å². The van der Waals surface area contributed by atoms with E-state index in [-0.39, 0.29) is 24.0 Å². The Balaban J connectivity index is 0.00000289. The molecule has 2 unspecified atom stereocenters. The number of guanidine groups is 1. The highest BCUT2D eigenvalue weighted by atomic mass is 127. The number of rotatable bonds is 7. The van der Waals surface area contributed by atoms with Crippen molar-refractivity contribution in [2.75, 3.05) is 33.7 Å². The molecule has 0 aromatic rings. The van der Waals surface area contributed by atoms with Crippen molar-refractivity contribution in [3.05, 3.63) is 0 Å². The Morgan fingerprint density at radius 2 is 2.06 bits per heavy atom. The number of hydrogen-bond donors (Lipinski definition) is 2. The Morgan fingerprint density at radius 3 is 2.56 bits per heavy atom. The quantitative estimate of drug-likeness (QED) is 0.410. The second kappa shape index (κ2) is 9.83. The average Bonchev–Trinajstić information content (AvgIpc) is 3.01. The van der Waals surface area contributed by atoms with Gasteiger partial charge in [0.1, 0.15) is 0 Å². The van der Waals surface area contributed by atoms with Gasteiger partial charge >= 0.3 is 0 Å². The molecule has 0 bridgehead atoms. The topological polar surface area (TPSA) is 39.7 Å². The fourth-order valence-electron chi connectivity index (χ4n) is 1.80. The monoisotopic (exact) mass is 368 g/mol. The van der Waals surface area contributed by atoms with Crippen LogP contribution in [-0.4, -0.2) is 50.6 Å². The molecule has 4 nitrogen and oxygen atoms in total. The van der Waals surface area contributed by atoms with E-state index in [2.05, 4.69) is 41.4 Å². The molecule has 18 heavy (non-hydrogen) atoms. The van der Waals surface area contributed by atoms with Crippen LogP contribution in [0.15, 0.2) is 4.99 Å². The molecule has 0 aromatic heterocycles. The van der Waals surface area contributed by atoms with Crippen LogP contribution in [-0.2, 0) is 0 Å². The first-order valence-corrected chi connectivity index (χ1v) is 6.83. The molecule has 0 aromatic carbocycles. The van der Waals surface area contributed by atoms with Gasteiger partial charge in [0, 0.05) is 26.2 Å². The smallest absolute Gasteiger partial charge is 0.191 e. The standard InChI is InChI=1S/C13H28N4.HI/c1-5-6-8-17(4)9-7-15-13(14-3)16-12-10-11(12)2;/h11-12H,5-10H2,1-4H3,(H2,14,15,16);1H. The maximum absolute atomic E-state index is 4.24.